The van der Waals surface area contributed by atoms with E-state index < -0.39 is 6.04 Å². The zero-order chi connectivity index (χ0) is 11.4. The second-order valence-electron chi connectivity index (χ2n) is 3.61. The molecule has 1 aromatic carbocycles. The summed E-state index contributed by atoms with van der Waals surface area (Å²) in [6, 6.07) is 6.97. The Hall–Kier alpha value is -1.06. The molecule has 0 radical (unpaired) electrons. The number of hydrogen-bond donors (Lipinski definition) is 1. The van der Waals surface area contributed by atoms with E-state index in [2.05, 4.69) is 0 Å². The van der Waals surface area contributed by atoms with Crippen molar-refractivity contribution in [1.82, 2.24) is 4.90 Å². The fourth-order valence-corrected chi connectivity index (χ4v) is 1.55. The fourth-order valence-electron chi connectivity index (χ4n) is 1.33. The minimum Gasteiger partial charge on any atom is -0.340 e. The number of likely N-dealkylation sites (N-methyl/N-ethyl adjacent to an activating group) is 1. The van der Waals surface area contributed by atoms with Gasteiger partial charge >= 0.3 is 0 Å². The summed E-state index contributed by atoms with van der Waals surface area (Å²) < 4.78 is 0. The van der Waals surface area contributed by atoms with Crippen LogP contribution >= 0.6 is 11.6 Å². The molecule has 1 atom stereocenters. The Kier molecular flexibility index (Phi) is 4.12. The van der Waals surface area contributed by atoms with Gasteiger partial charge in [0.15, 0.2) is 0 Å². The molecule has 82 valence electrons. The minimum atomic E-state index is -0.464. The Bertz CT molecular complexity index is 352. The van der Waals surface area contributed by atoms with Crippen LogP contribution in [0, 0.1) is 0 Å². The maximum Gasteiger partial charge on any atom is 0.239 e. The standard InChI is InChI=1S/C11H15ClN2O/c1-8(13)11(15)14(2)7-9-4-3-5-10(12)6-9/h3-6,8H,7,13H2,1-2H3/t8-/m0/s1. The molecular formula is C11H15ClN2O. The van der Waals surface area contributed by atoms with E-state index in [1.165, 1.54) is 0 Å². The summed E-state index contributed by atoms with van der Waals surface area (Å²) in [7, 11) is 1.73. The summed E-state index contributed by atoms with van der Waals surface area (Å²) in [4.78, 5) is 13.1. The van der Waals surface area contributed by atoms with Crippen LogP contribution < -0.4 is 5.73 Å². The Morgan fingerprint density at radius 2 is 2.27 bits per heavy atom. The van der Waals surface area contributed by atoms with E-state index in [1.807, 2.05) is 18.2 Å². The average molecular weight is 227 g/mol. The SMILES string of the molecule is C[C@H](N)C(=O)N(C)Cc1cccc(Cl)c1. The highest BCUT2D eigenvalue weighted by molar-refractivity contribution is 6.30. The van der Waals surface area contributed by atoms with Gasteiger partial charge in [-0.2, -0.15) is 0 Å². The zero-order valence-corrected chi connectivity index (χ0v) is 9.66. The molecule has 0 heterocycles. The van der Waals surface area contributed by atoms with E-state index in [-0.39, 0.29) is 5.91 Å². The highest BCUT2D eigenvalue weighted by Crippen LogP contribution is 2.12. The van der Waals surface area contributed by atoms with Crippen molar-refractivity contribution in [2.75, 3.05) is 7.05 Å². The molecule has 0 spiro atoms. The third-order valence-electron chi connectivity index (χ3n) is 2.07. The predicted octanol–water partition coefficient (Wildman–Crippen LogP) is 1.65. The summed E-state index contributed by atoms with van der Waals surface area (Å²) in [5.41, 5.74) is 6.50. The lowest BCUT2D eigenvalue weighted by molar-refractivity contribution is -0.131. The molecule has 0 aliphatic rings. The number of carbonyl (C=O) groups is 1. The highest BCUT2D eigenvalue weighted by Gasteiger charge is 2.13. The third-order valence-corrected chi connectivity index (χ3v) is 2.31. The van der Waals surface area contributed by atoms with Crippen molar-refractivity contribution in [2.24, 2.45) is 5.73 Å². The van der Waals surface area contributed by atoms with Gasteiger partial charge in [0, 0.05) is 18.6 Å². The van der Waals surface area contributed by atoms with Gasteiger partial charge in [0.05, 0.1) is 6.04 Å². The largest absolute Gasteiger partial charge is 0.340 e. The molecule has 0 saturated carbocycles. The number of nitrogens with zero attached hydrogens (tertiary/aromatic N) is 1. The van der Waals surface area contributed by atoms with E-state index in [0.717, 1.165) is 5.56 Å². The molecule has 2 N–H and O–H groups in total. The predicted molar refractivity (Wildman–Crippen MR) is 61.6 cm³/mol. The van der Waals surface area contributed by atoms with Gasteiger partial charge in [-0.25, -0.2) is 0 Å². The maximum absolute atomic E-state index is 11.5. The summed E-state index contributed by atoms with van der Waals surface area (Å²) in [5, 5.41) is 0.675. The molecule has 0 unspecified atom stereocenters. The molecule has 15 heavy (non-hydrogen) atoms. The van der Waals surface area contributed by atoms with Gasteiger partial charge in [-0.05, 0) is 24.6 Å². The van der Waals surface area contributed by atoms with Crippen molar-refractivity contribution in [2.45, 2.75) is 19.5 Å². The first-order valence-corrected chi connectivity index (χ1v) is 5.13. The van der Waals surface area contributed by atoms with Gasteiger partial charge in [0.25, 0.3) is 0 Å². The maximum atomic E-state index is 11.5. The zero-order valence-electron chi connectivity index (χ0n) is 8.90. The molecule has 3 nitrogen and oxygen atoms in total. The number of rotatable bonds is 3. The van der Waals surface area contributed by atoms with Crippen LogP contribution in [0.25, 0.3) is 0 Å². The molecular weight excluding hydrogens is 212 g/mol. The lowest BCUT2D eigenvalue weighted by Crippen LogP contribution is -2.39. The van der Waals surface area contributed by atoms with Gasteiger partial charge in [-0.1, -0.05) is 23.7 Å². The molecule has 0 aliphatic carbocycles. The Morgan fingerprint density at radius 3 is 2.80 bits per heavy atom. The molecule has 1 amide bonds. The molecule has 1 rings (SSSR count). The van der Waals surface area contributed by atoms with E-state index in [0.29, 0.717) is 11.6 Å². The van der Waals surface area contributed by atoms with Crippen LogP contribution in [0.2, 0.25) is 5.02 Å². The van der Waals surface area contributed by atoms with Gasteiger partial charge in [-0.3, -0.25) is 4.79 Å². The summed E-state index contributed by atoms with van der Waals surface area (Å²) >= 11 is 5.84. The van der Waals surface area contributed by atoms with Crippen LogP contribution in [0.15, 0.2) is 24.3 Å². The number of hydrogen-bond acceptors (Lipinski definition) is 2. The summed E-state index contributed by atoms with van der Waals surface area (Å²) in [5.74, 6) is -0.0741. The molecule has 0 saturated heterocycles. The van der Waals surface area contributed by atoms with E-state index in [4.69, 9.17) is 17.3 Å². The van der Waals surface area contributed by atoms with E-state index in [1.54, 1.807) is 24.9 Å². The Labute approximate surface area is 94.8 Å². The monoisotopic (exact) mass is 226 g/mol. The molecule has 0 fully saturated rings. The lowest BCUT2D eigenvalue weighted by atomic mass is 10.2. The number of amides is 1. The van der Waals surface area contributed by atoms with Crippen LogP contribution in [-0.2, 0) is 11.3 Å². The van der Waals surface area contributed by atoms with Crippen molar-refractivity contribution < 1.29 is 4.79 Å². The van der Waals surface area contributed by atoms with Gasteiger partial charge in [0.1, 0.15) is 0 Å². The summed E-state index contributed by atoms with van der Waals surface area (Å²) in [6.07, 6.45) is 0. The van der Waals surface area contributed by atoms with Crippen molar-refractivity contribution in [3.05, 3.63) is 34.9 Å². The molecule has 0 aliphatic heterocycles. The average Bonchev–Trinajstić information content (AvgIpc) is 2.16. The van der Waals surface area contributed by atoms with E-state index >= 15 is 0 Å². The van der Waals surface area contributed by atoms with Crippen LogP contribution in [0.3, 0.4) is 0 Å². The van der Waals surface area contributed by atoms with Crippen molar-refractivity contribution >= 4 is 17.5 Å². The number of benzene rings is 1. The van der Waals surface area contributed by atoms with Crippen molar-refractivity contribution in [3.63, 3.8) is 0 Å². The van der Waals surface area contributed by atoms with E-state index in [9.17, 15) is 4.79 Å². The van der Waals surface area contributed by atoms with Crippen LogP contribution in [0.4, 0.5) is 0 Å². The number of nitrogens with two attached hydrogens (primary N) is 1. The molecule has 1 aromatic rings. The van der Waals surface area contributed by atoms with Crippen LogP contribution in [0.5, 0.6) is 0 Å². The van der Waals surface area contributed by atoms with Crippen LogP contribution in [-0.4, -0.2) is 23.9 Å². The fraction of sp³-hybridized carbons (Fsp3) is 0.364. The van der Waals surface area contributed by atoms with Crippen molar-refractivity contribution in [1.29, 1.82) is 0 Å². The quantitative estimate of drug-likeness (QED) is 0.852. The lowest BCUT2D eigenvalue weighted by Gasteiger charge is -2.19. The van der Waals surface area contributed by atoms with Gasteiger partial charge < -0.3 is 10.6 Å². The normalized spacial score (nSPS) is 12.3. The topological polar surface area (TPSA) is 46.3 Å². The van der Waals surface area contributed by atoms with Crippen LogP contribution in [0.1, 0.15) is 12.5 Å². The first-order valence-electron chi connectivity index (χ1n) is 4.75. The first-order chi connectivity index (χ1) is 7.00. The number of halogens is 1. The molecule has 0 aromatic heterocycles. The van der Waals surface area contributed by atoms with Gasteiger partial charge in [0.2, 0.25) is 5.91 Å². The second kappa shape index (κ2) is 5.14. The van der Waals surface area contributed by atoms with Gasteiger partial charge in [-0.15, -0.1) is 0 Å². The first kappa shape index (κ1) is 12.0. The molecule has 4 heteroatoms. The summed E-state index contributed by atoms with van der Waals surface area (Å²) in [6.45, 7) is 2.21. The minimum absolute atomic E-state index is 0.0741. The second-order valence-corrected chi connectivity index (χ2v) is 4.05. The number of carbonyl (C=O) groups excluding carboxylic acids is 1. The van der Waals surface area contributed by atoms with Crippen molar-refractivity contribution in [3.8, 4) is 0 Å². The Morgan fingerprint density at radius 1 is 1.60 bits per heavy atom. The third kappa shape index (κ3) is 3.53. The molecule has 0 bridgehead atoms. The Balaban J connectivity index is 2.66. The smallest absolute Gasteiger partial charge is 0.239 e. The highest BCUT2D eigenvalue weighted by atomic mass is 35.5.